The quantitative estimate of drug-likeness (QED) is 0.179. The highest BCUT2D eigenvalue weighted by Crippen LogP contribution is 2.46. The van der Waals surface area contributed by atoms with Crippen LogP contribution in [0.1, 0.15) is 11.1 Å². The molecule has 254 valence electrons. The van der Waals surface area contributed by atoms with Crippen molar-refractivity contribution in [3.63, 3.8) is 0 Å². The summed E-state index contributed by atoms with van der Waals surface area (Å²) in [7, 11) is 0. The van der Waals surface area contributed by atoms with Crippen molar-refractivity contribution in [3.05, 3.63) is 163 Å². The van der Waals surface area contributed by atoms with Crippen molar-refractivity contribution in [2.45, 2.75) is 0 Å². The number of benzene rings is 8. The van der Waals surface area contributed by atoms with Gasteiger partial charge in [0.05, 0.1) is 28.1 Å². The van der Waals surface area contributed by atoms with Gasteiger partial charge < -0.3 is 8.98 Å². The minimum atomic E-state index is 0.879. The maximum atomic E-state index is 6.59. The van der Waals surface area contributed by atoms with Crippen molar-refractivity contribution in [2.24, 2.45) is 0 Å². The van der Waals surface area contributed by atoms with Gasteiger partial charge in [0.1, 0.15) is 21.5 Å². The number of nitrogens with zero attached hydrogens (tertiary/aromatic N) is 3. The van der Waals surface area contributed by atoms with E-state index < -0.39 is 0 Å². The minimum Gasteiger partial charge on any atom is -0.455 e. The molecule has 1 aliphatic rings. The van der Waals surface area contributed by atoms with Crippen LogP contribution in [0.4, 0.5) is 0 Å². The first kappa shape index (κ1) is 29.4. The van der Waals surface area contributed by atoms with Gasteiger partial charge in [0.15, 0.2) is 0 Å². The fourth-order valence-electron chi connectivity index (χ4n) is 9.02. The summed E-state index contributed by atoms with van der Waals surface area (Å²) in [6.45, 7) is 0. The van der Waals surface area contributed by atoms with E-state index in [9.17, 15) is 0 Å². The van der Waals surface area contributed by atoms with Crippen LogP contribution in [0.25, 0.3) is 126 Å². The van der Waals surface area contributed by atoms with E-state index in [0.717, 1.165) is 82.4 Å². The first-order chi connectivity index (χ1) is 27.2. The van der Waals surface area contributed by atoms with Crippen LogP contribution >= 0.6 is 11.3 Å². The molecule has 0 bridgehead atoms. The number of hydrogen-bond acceptors (Lipinski definition) is 4. The molecular weight excluding hydrogens is 691 g/mol. The van der Waals surface area contributed by atoms with Gasteiger partial charge in [-0.1, -0.05) is 121 Å². The van der Waals surface area contributed by atoms with E-state index >= 15 is 0 Å². The molecule has 0 aliphatic carbocycles. The zero-order valence-electron chi connectivity index (χ0n) is 29.2. The monoisotopic (exact) mass is 717 g/mol. The van der Waals surface area contributed by atoms with Gasteiger partial charge in [-0.25, -0.2) is 9.97 Å². The molecule has 0 saturated heterocycles. The van der Waals surface area contributed by atoms with E-state index in [1.807, 2.05) is 6.07 Å². The molecule has 1 aliphatic heterocycles. The second-order valence-corrected chi connectivity index (χ2v) is 15.5. The van der Waals surface area contributed by atoms with E-state index in [0.29, 0.717) is 0 Å². The Hall–Kier alpha value is -7.08. The molecule has 0 radical (unpaired) electrons. The Morgan fingerprint density at radius 3 is 2.18 bits per heavy atom. The average molecular weight is 718 g/mol. The number of rotatable bonds is 2. The van der Waals surface area contributed by atoms with Crippen LogP contribution in [0.15, 0.2) is 156 Å². The van der Waals surface area contributed by atoms with E-state index in [1.54, 1.807) is 11.3 Å². The molecule has 0 saturated carbocycles. The second kappa shape index (κ2) is 10.8. The number of fused-ring (bicyclic) bond motifs is 15. The fraction of sp³-hybridized carbons (Fsp3) is 0. The Morgan fingerprint density at radius 1 is 0.509 bits per heavy atom. The zero-order chi connectivity index (χ0) is 35.8. The number of aromatic nitrogens is 3. The van der Waals surface area contributed by atoms with Crippen LogP contribution in [-0.4, -0.2) is 14.5 Å². The minimum absolute atomic E-state index is 0.879. The standard InChI is InChI=1S/C50H27N3OS/c1-2-10-30-25-31(20-17-28(30)9-1)45-46(52-50-47(51-45)38-13-5-8-16-43(38)55-50)32-21-18-29-19-22-33-26-39-35(23-24-36-34-11-4-7-15-42(34)54-49(36)39)44-37-12-3-6-14-40(37)53(48(33)44)41(29)27-32/h1-27H. The first-order valence-electron chi connectivity index (χ1n) is 18.6. The van der Waals surface area contributed by atoms with E-state index in [4.69, 9.17) is 14.4 Å². The van der Waals surface area contributed by atoms with Gasteiger partial charge in [-0.15, -0.1) is 11.3 Å². The number of furan rings is 1. The van der Waals surface area contributed by atoms with E-state index in [1.165, 1.54) is 42.7 Å². The molecule has 4 aromatic heterocycles. The van der Waals surface area contributed by atoms with Crippen molar-refractivity contribution in [1.29, 1.82) is 0 Å². The molecule has 0 fully saturated rings. The molecule has 13 rings (SSSR count). The lowest BCUT2D eigenvalue weighted by atomic mass is 9.97. The molecule has 0 amide bonds. The van der Waals surface area contributed by atoms with Gasteiger partial charge in [0, 0.05) is 48.1 Å². The summed E-state index contributed by atoms with van der Waals surface area (Å²) in [5.74, 6) is 0. The zero-order valence-corrected chi connectivity index (χ0v) is 30.1. The highest BCUT2D eigenvalue weighted by molar-refractivity contribution is 7.25. The van der Waals surface area contributed by atoms with Gasteiger partial charge in [-0.05, 0) is 69.8 Å². The fourth-order valence-corrected chi connectivity index (χ4v) is 10.0. The summed E-state index contributed by atoms with van der Waals surface area (Å²) in [4.78, 5) is 11.9. The topological polar surface area (TPSA) is 43.9 Å². The Labute approximate surface area is 317 Å². The Bertz CT molecular complexity index is 3680. The molecule has 4 nitrogen and oxygen atoms in total. The molecule has 55 heavy (non-hydrogen) atoms. The molecule has 0 N–H and O–H groups in total. The van der Waals surface area contributed by atoms with Crippen molar-refractivity contribution < 1.29 is 4.42 Å². The maximum absolute atomic E-state index is 6.59. The third-order valence-corrected chi connectivity index (χ3v) is 12.6. The third kappa shape index (κ3) is 4.05. The highest BCUT2D eigenvalue weighted by Gasteiger charge is 2.24. The summed E-state index contributed by atoms with van der Waals surface area (Å²) in [5.41, 5.74) is 12.4. The molecule has 5 heteroatoms. The van der Waals surface area contributed by atoms with Crippen molar-refractivity contribution in [3.8, 4) is 28.2 Å². The molecule has 0 atom stereocenters. The van der Waals surface area contributed by atoms with Crippen LogP contribution in [0.3, 0.4) is 0 Å². The van der Waals surface area contributed by atoms with Crippen LogP contribution in [0, 0.1) is 0 Å². The van der Waals surface area contributed by atoms with Gasteiger partial charge in [0.25, 0.3) is 0 Å². The molecule has 0 unspecified atom stereocenters. The average Bonchev–Trinajstić information content (AvgIpc) is 3.88. The smallest absolute Gasteiger partial charge is 0.143 e. The summed E-state index contributed by atoms with van der Waals surface area (Å²) >= 11 is 1.70. The lowest BCUT2D eigenvalue weighted by molar-refractivity contribution is 0.672. The van der Waals surface area contributed by atoms with Gasteiger partial charge in [-0.2, -0.15) is 0 Å². The van der Waals surface area contributed by atoms with Crippen LogP contribution < -0.4 is 0 Å². The molecule has 5 heterocycles. The van der Waals surface area contributed by atoms with Crippen LogP contribution in [0.2, 0.25) is 0 Å². The van der Waals surface area contributed by atoms with Gasteiger partial charge >= 0.3 is 0 Å². The molecule has 0 spiro atoms. The SMILES string of the molecule is C1=Cc2cc3c(ccc4c5ccccc5oc43)c3c4ccccc4n(c23)-c2cc(-c3nc4sc5ccccc5c4nc3-c3ccc4ccccc4c3)ccc21. The first-order valence-corrected chi connectivity index (χ1v) is 19.4. The lowest BCUT2D eigenvalue weighted by Crippen LogP contribution is -1.99. The Morgan fingerprint density at radius 2 is 1.24 bits per heavy atom. The second-order valence-electron chi connectivity index (χ2n) is 14.5. The maximum Gasteiger partial charge on any atom is 0.143 e. The predicted molar refractivity (Wildman–Crippen MR) is 231 cm³/mol. The largest absolute Gasteiger partial charge is 0.455 e. The van der Waals surface area contributed by atoms with Crippen LogP contribution in [-0.2, 0) is 0 Å². The van der Waals surface area contributed by atoms with Crippen molar-refractivity contribution in [2.75, 3.05) is 0 Å². The lowest BCUT2D eigenvalue weighted by Gasteiger charge is -2.15. The normalized spacial score (nSPS) is 12.7. The predicted octanol–water partition coefficient (Wildman–Crippen LogP) is 14.0. The van der Waals surface area contributed by atoms with Crippen molar-refractivity contribution >= 4 is 109 Å². The number of hydrogen-bond donors (Lipinski definition) is 0. The Balaban J connectivity index is 1.10. The molecular formula is C50H27N3OS. The molecule has 8 aromatic carbocycles. The molecule has 12 aromatic rings. The van der Waals surface area contributed by atoms with E-state index in [2.05, 4.69) is 162 Å². The summed E-state index contributed by atoms with van der Waals surface area (Å²) in [5, 5.41) is 10.6. The van der Waals surface area contributed by atoms with Gasteiger partial charge in [-0.3, -0.25) is 0 Å². The summed E-state index contributed by atoms with van der Waals surface area (Å²) < 4.78 is 10.2. The summed E-state index contributed by atoms with van der Waals surface area (Å²) in [6.07, 6.45) is 4.53. The van der Waals surface area contributed by atoms with Gasteiger partial charge in [0.2, 0.25) is 0 Å². The van der Waals surface area contributed by atoms with Crippen molar-refractivity contribution in [1.82, 2.24) is 14.5 Å². The van der Waals surface area contributed by atoms with Crippen LogP contribution in [0.5, 0.6) is 0 Å². The summed E-state index contributed by atoms with van der Waals surface area (Å²) in [6, 6.07) is 54.4. The third-order valence-electron chi connectivity index (χ3n) is 11.5. The number of para-hydroxylation sites is 2. The highest BCUT2D eigenvalue weighted by atomic mass is 32.1. The number of thiophene rings is 1. The van der Waals surface area contributed by atoms with E-state index in [-0.39, 0.29) is 0 Å². The Kier molecular flexibility index (Phi) is 5.74.